The van der Waals surface area contributed by atoms with Crippen molar-refractivity contribution in [2.75, 3.05) is 19.7 Å². The first kappa shape index (κ1) is 23.0. The lowest BCUT2D eigenvalue weighted by Gasteiger charge is -2.31. The number of benzene rings is 1. The van der Waals surface area contributed by atoms with Crippen molar-refractivity contribution in [3.8, 4) is 6.07 Å². The number of rotatable bonds is 6. The number of nitrogens with zero attached hydrogens (tertiary/aromatic N) is 3. The molecule has 1 aliphatic rings. The third-order valence-electron chi connectivity index (χ3n) is 4.72. The third-order valence-corrected chi connectivity index (χ3v) is 4.72. The number of aromatic nitrogens is 1. The minimum atomic E-state index is -1.82. The van der Waals surface area contributed by atoms with Crippen LogP contribution in [0.5, 0.6) is 0 Å². The number of nitriles is 1. The highest BCUT2D eigenvalue weighted by Crippen LogP contribution is 2.19. The van der Waals surface area contributed by atoms with Crippen LogP contribution in [0.1, 0.15) is 29.5 Å². The molecule has 0 aliphatic carbocycles. The molecule has 1 saturated heterocycles. The van der Waals surface area contributed by atoms with Crippen LogP contribution in [-0.2, 0) is 27.5 Å². The SMILES string of the molecule is N#Cc1ccc(COCC2CCN(Cc3cccnc3)CC2)cc1.O=C(O)C(=O)O. The molecule has 30 heavy (non-hydrogen) atoms. The van der Waals surface area contributed by atoms with Gasteiger partial charge in [0.15, 0.2) is 0 Å². The van der Waals surface area contributed by atoms with Crippen LogP contribution in [-0.4, -0.2) is 51.7 Å². The van der Waals surface area contributed by atoms with Gasteiger partial charge in [-0.3, -0.25) is 9.88 Å². The summed E-state index contributed by atoms with van der Waals surface area (Å²) < 4.78 is 5.87. The molecule has 1 aromatic carbocycles. The van der Waals surface area contributed by atoms with Gasteiger partial charge in [-0.15, -0.1) is 0 Å². The number of hydrogen-bond donors (Lipinski definition) is 2. The molecule has 8 nitrogen and oxygen atoms in total. The summed E-state index contributed by atoms with van der Waals surface area (Å²) in [6, 6.07) is 13.9. The maximum Gasteiger partial charge on any atom is 0.414 e. The van der Waals surface area contributed by atoms with Crippen molar-refractivity contribution >= 4 is 11.9 Å². The van der Waals surface area contributed by atoms with Gasteiger partial charge >= 0.3 is 11.9 Å². The number of piperidine rings is 1. The first-order valence-corrected chi connectivity index (χ1v) is 9.62. The second-order valence-electron chi connectivity index (χ2n) is 7.01. The zero-order valence-electron chi connectivity index (χ0n) is 16.6. The fourth-order valence-corrected chi connectivity index (χ4v) is 3.08. The first-order valence-electron chi connectivity index (χ1n) is 9.62. The van der Waals surface area contributed by atoms with E-state index in [1.807, 2.05) is 42.7 Å². The number of hydrogen-bond acceptors (Lipinski definition) is 6. The fourth-order valence-electron chi connectivity index (χ4n) is 3.08. The number of carboxylic acid groups (broad SMARTS) is 2. The van der Waals surface area contributed by atoms with E-state index in [1.54, 1.807) is 0 Å². The Bertz CT molecular complexity index is 829. The Morgan fingerprint density at radius 2 is 1.77 bits per heavy atom. The lowest BCUT2D eigenvalue weighted by Crippen LogP contribution is -2.34. The van der Waals surface area contributed by atoms with Crippen LogP contribution in [0.4, 0.5) is 0 Å². The number of carbonyl (C=O) groups is 2. The zero-order chi connectivity index (χ0) is 21.8. The molecule has 0 bridgehead atoms. The lowest BCUT2D eigenvalue weighted by molar-refractivity contribution is -0.159. The molecule has 0 atom stereocenters. The Labute approximate surface area is 175 Å². The number of aliphatic carboxylic acids is 2. The highest BCUT2D eigenvalue weighted by Gasteiger charge is 2.19. The van der Waals surface area contributed by atoms with Crippen LogP contribution in [0.15, 0.2) is 48.8 Å². The van der Waals surface area contributed by atoms with Gasteiger partial charge in [-0.1, -0.05) is 18.2 Å². The molecule has 2 aromatic rings. The Morgan fingerprint density at radius 1 is 1.10 bits per heavy atom. The maximum atomic E-state index is 9.10. The van der Waals surface area contributed by atoms with Crippen LogP contribution < -0.4 is 0 Å². The van der Waals surface area contributed by atoms with E-state index in [0.717, 1.165) is 31.8 Å². The number of carboxylic acids is 2. The van der Waals surface area contributed by atoms with Gasteiger partial charge in [-0.25, -0.2) is 9.59 Å². The van der Waals surface area contributed by atoms with E-state index in [9.17, 15) is 0 Å². The first-order chi connectivity index (χ1) is 14.5. The van der Waals surface area contributed by atoms with E-state index in [-0.39, 0.29) is 0 Å². The third kappa shape index (κ3) is 8.39. The summed E-state index contributed by atoms with van der Waals surface area (Å²) in [4.78, 5) is 24.9. The minimum absolute atomic E-state index is 0.627. The predicted molar refractivity (Wildman–Crippen MR) is 108 cm³/mol. The van der Waals surface area contributed by atoms with Crippen molar-refractivity contribution in [1.82, 2.24) is 9.88 Å². The molecular formula is C22H25N3O5. The molecule has 1 aromatic heterocycles. The summed E-state index contributed by atoms with van der Waals surface area (Å²) in [6.45, 7) is 4.69. The van der Waals surface area contributed by atoms with Gasteiger partial charge in [0.25, 0.3) is 0 Å². The van der Waals surface area contributed by atoms with Crippen molar-refractivity contribution in [3.63, 3.8) is 0 Å². The molecule has 1 aliphatic heterocycles. The molecule has 0 unspecified atom stereocenters. The lowest BCUT2D eigenvalue weighted by atomic mass is 9.97. The topological polar surface area (TPSA) is 124 Å². The summed E-state index contributed by atoms with van der Waals surface area (Å²) in [7, 11) is 0. The van der Waals surface area contributed by atoms with Crippen molar-refractivity contribution in [1.29, 1.82) is 5.26 Å². The summed E-state index contributed by atoms with van der Waals surface area (Å²) in [6.07, 6.45) is 6.15. The molecule has 0 spiro atoms. The Morgan fingerprint density at radius 3 is 2.30 bits per heavy atom. The van der Waals surface area contributed by atoms with Gasteiger partial charge < -0.3 is 14.9 Å². The second kappa shape index (κ2) is 12.3. The Balaban J connectivity index is 0.000000469. The van der Waals surface area contributed by atoms with Crippen LogP contribution >= 0.6 is 0 Å². The van der Waals surface area contributed by atoms with Crippen molar-refractivity contribution in [3.05, 3.63) is 65.5 Å². The van der Waals surface area contributed by atoms with E-state index in [2.05, 4.69) is 22.0 Å². The quantitative estimate of drug-likeness (QED) is 0.695. The van der Waals surface area contributed by atoms with E-state index >= 15 is 0 Å². The second-order valence-corrected chi connectivity index (χ2v) is 7.01. The monoisotopic (exact) mass is 411 g/mol. The summed E-state index contributed by atoms with van der Waals surface area (Å²) in [5.41, 5.74) is 3.11. The number of likely N-dealkylation sites (tertiary alicyclic amines) is 1. The average Bonchev–Trinajstić information content (AvgIpc) is 2.76. The Kier molecular flexibility index (Phi) is 9.45. The highest BCUT2D eigenvalue weighted by atomic mass is 16.5. The van der Waals surface area contributed by atoms with Crippen LogP contribution in [0.25, 0.3) is 0 Å². The summed E-state index contributed by atoms with van der Waals surface area (Å²) >= 11 is 0. The van der Waals surface area contributed by atoms with Gasteiger partial charge in [0.05, 0.1) is 18.2 Å². The van der Waals surface area contributed by atoms with Gasteiger partial charge in [-0.2, -0.15) is 5.26 Å². The fraction of sp³-hybridized carbons (Fsp3) is 0.364. The van der Waals surface area contributed by atoms with E-state index in [4.69, 9.17) is 29.8 Å². The Hall–Kier alpha value is -3.28. The molecule has 0 saturated carbocycles. The average molecular weight is 411 g/mol. The largest absolute Gasteiger partial charge is 0.473 e. The minimum Gasteiger partial charge on any atom is -0.473 e. The van der Waals surface area contributed by atoms with E-state index in [0.29, 0.717) is 18.1 Å². The summed E-state index contributed by atoms with van der Waals surface area (Å²) in [5.74, 6) is -3.00. The molecule has 3 rings (SSSR count). The normalized spacial score (nSPS) is 14.2. The predicted octanol–water partition coefficient (Wildman–Crippen LogP) is 2.54. The van der Waals surface area contributed by atoms with Gasteiger partial charge in [-0.05, 0) is 61.2 Å². The van der Waals surface area contributed by atoms with Crippen LogP contribution in [0.3, 0.4) is 0 Å². The van der Waals surface area contributed by atoms with Crippen molar-refractivity contribution < 1.29 is 24.5 Å². The molecule has 8 heteroatoms. The molecule has 1 fully saturated rings. The standard InChI is InChI=1S/C20H23N3O.C2H2O4/c21-12-17-3-5-18(6-4-17)15-24-16-19-7-10-23(11-8-19)14-20-2-1-9-22-13-20;3-1(4)2(5)6/h1-6,9,13,19H,7-8,10-11,14-16H2;(H,3,4)(H,5,6). The molecule has 158 valence electrons. The zero-order valence-corrected chi connectivity index (χ0v) is 16.6. The van der Waals surface area contributed by atoms with E-state index in [1.165, 1.54) is 18.4 Å². The van der Waals surface area contributed by atoms with Crippen LogP contribution in [0.2, 0.25) is 0 Å². The van der Waals surface area contributed by atoms with Crippen molar-refractivity contribution in [2.45, 2.75) is 26.0 Å². The summed E-state index contributed by atoms with van der Waals surface area (Å²) in [5, 5.41) is 23.6. The number of pyridine rings is 1. The molecule has 2 heterocycles. The molecule has 0 radical (unpaired) electrons. The van der Waals surface area contributed by atoms with Gasteiger partial charge in [0.2, 0.25) is 0 Å². The molecule has 0 amide bonds. The number of ether oxygens (including phenoxy) is 1. The molecular weight excluding hydrogens is 386 g/mol. The highest BCUT2D eigenvalue weighted by molar-refractivity contribution is 6.27. The van der Waals surface area contributed by atoms with Gasteiger partial charge in [0, 0.05) is 25.5 Å². The molecule has 2 N–H and O–H groups in total. The van der Waals surface area contributed by atoms with Crippen LogP contribution in [0, 0.1) is 17.2 Å². The smallest absolute Gasteiger partial charge is 0.414 e. The van der Waals surface area contributed by atoms with E-state index < -0.39 is 11.9 Å². The van der Waals surface area contributed by atoms with Gasteiger partial charge in [0.1, 0.15) is 0 Å². The maximum absolute atomic E-state index is 9.10. The van der Waals surface area contributed by atoms with Crippen molar-refractivity contribution in [2.24, 2.45) is 5.92 Å².